The van der Waals surface area contributed by atoms with Crippen molar-refractivity contribution in [1.82, 2.24) is 9.80 Å². The molecule has 0 aromatic carbocycles. The third kappa shape index (κ3) is 3.49. The first-order valence-electron chi connectivity index (χ1n) is 8.17. The van der Waals surface area contributed by atoms with Gasteiger partial charge in [0.15, 0.2) is 0 Å². The summed E-state index contributed by atoms with van der Waals surface area (Å²) in [4.78, 5) is 17.1. The lowest BCUT2D eigenvalue weighted by Gasteiger charge is -2.36. The van der Waals surface area contributed by atoms with Crippen LogP contribution >= 0.6 is 11.3 Å². The van der Waals surface area contributed by atoms with E-state index in [9.17, 15) is 4.79 Å². The molecule has 3 heterocycles. The van der Waals surface area contributed by atoms with Crippen molar-refractivity contribution in [2.24, 2.45) is 11.8 Å². The number of rotatable bonds is 3. The van der Waals surface area contributed by atoms with Crippen LogP contribution in [-0.4, -0.2) is 41.9 Å². The number of hydrogen-bond donors (Lipinski definition) is 0. The van der Waals surface area contributed by atoms with Crippen LogP contribution in [0.1, 0.15) is 44.7 Å². The minimum Gasteiger partial charge on any atom is -0.341 e. The molecule has 0 radical (unpaired) electrons. The van der Waals surface area contributed by atoms with Gasteiger partial charge in [-0.15, -0.1) is 0 Å². The largest absolute Gasteiger partial charge is 0.341 e. The van der Waals surface area contributed by atoms with Gasteiger partial charge in [0, 0.05) is 19.1 Å². The number of piperidine rings is 1. The standard InChI is InChI=1S/C17H26N2OS/c1-13-8-14(2)10-19(9-13)17(20)11-18-6-3-4-16(18)15-5-7-21-12-15/h5,7,12-14,16H,3-4,6,8-11H2,1-2H3. The zero-order valence-corrected chi connectivity index (χ0v) is 13.9. The molecule has 3 atom stereocenters. The van der Waals surface area contributed by atoms with E-state index < -0.39 is 0 Å². The van der Waals surface area contributed by atoms with E-state index in [0.717, 1.165) is 19.6 Å². The minimum absolute atomic E-state index is 0.329. The Labute approximate surface area is 131 Å². The molecule has 0 bridgehead atoms. The van der Waals surface area contributed by atoms with E-state index in [0.29, 0.717) is 30.3 Å². The molecule has 1 amide bonds. The molecule has 2 fully saturated rings. The zero-order valence-electron chi connectivity index (χ0n) is 13.1. The minimum atomic E-state index is 0.329. The predicted molar refractivity (Wildman–Crippen MR) is 87.4 cm³/mol. The van der Waals surface area contributed by atoms with Gasteiger partial charge in [-0.1, -0.05) is 13.8 Å². The molecule has 0 spiro atoms. The molecule has 0 N–H and O–H groups in total. The molecule has 0 saturated carbocycles. The van der Waals surface area contributed by atoms with Crippen LogP contribution in [0.25, 0.3) is 0 Å². The summed E-state index contributed by atoms with van der Waals surface area (Å²) in [7, 11) is 0. The van der Waals surface area contributed by atoms with Crippen LogP contribution in [0.5, 0.6) is 0 Å². The summed E-state index contributed by atoms with van der Waals surface area (Å²) in [5.41, 5.74) is 1.39. The summed E-state index contributed by atoms with van der Waals surface area (Å²) in [6.07, 6.45) is 3.66. The van der Waals surface area contributed by atoms with Gasteiger partial charge < -0.3 is 4.90 Å². The van der Waals surface area contributed by atoms with Crippen molar-refractivity contribution in [1.29, 1.82) is 0 Å². The maximum atomic E-state index is 12.6. The van der Waals surface area contributed by atoms with Crippen LogP contribution in [0.4, 0.5) is 0 Å². The second-order valence-electron chi connectivity index (χ2n) is 6.93. The SMILES string of the molecule is CC1CC(C)CN(C(=O)CN2CCCC2c2ccsc2)C1. The Morgan fingerprint density at radius 1 is 1.33 bits per heavy atom. The van der Waals surface area contributed by atoms with Gasteiger partial charge in [-0.3, -0.25) is 9.69 Å². The predicted octanol–water partition coefficient (Wildman–Crippen LogP) is 3.39. The number of amides is 1. The molecule has 21 heavy (non-hydrogen) atoms. The van der Waals surface area contributed by atoms with Crippen LogP contribution < -0.4 is 0 Å². The molecule has 1 aromatic heterocycles. The van der Waals surface area contributed by atoms with E-state index in [1.807, 2.05) is 0 Å². The third-order valence-corrected chi connectivity index (χ3v) is 5.55. The number of likely N-dealkylation sites (tertiary alicyclic amines) is 2. The Bertz CT molecular complexity index is 463. The molecule has 3 nitrogen and oxygen atoms in total. The van der Waals surface area contributed by atoms with Crippen molar-refractivity contribution in [3.63, 3.8) is 0 Å². The molecular formula is C17H26N2OS. The molecule has 2 saturated heterocycles. The van der Waals surface area contributed by atoms with Crippen molar-refractivity contribution in [2.75, 3.05) is 26.2 Å². The van der Waals surface area contributed by atoms with Crippen LogP contribution in [0.15, 0.2) is 16.8 Å². The molecule has 0 aliphatic carbocycles. The molecule has 4 heteroatoms. The summed E-state index contributed by atoms with van der Waals surface area (Å²) in [6, 6.07) is 2.67. The molecular weight excluding hydrogens is 280 g/mol. The van der Waals surface area contributed by atoms with E-state index in [-0.39, 0.29) is 0 Å². The fraction of sp³-hybridized carbons (Fsp3) is 0.706. The van der Waals surface area contributed by atoms with Gasteiger partial charge in [-0.2, -0.15) is 11.3 Å². The Hall–Kier alpha value is -0.870. The lowest BCUT2D eigenvalue weighted by atomic mass is 9.92. The van der Waals surface area contributed by atoms with Crippen molar-refractivity contribution in [3.8, 4) is 0 Å². The Morgan fingerprint density at radius 2 is 2.10 bits per heavy atom. The molecule has 2 aliphatic heterocycles. The van der Waals surface area contributed by atoms with Crippen LogP contribution in [0.2, 0.25) is 0 Å². The van der Waals surface area contributed by atoms with E-state index in [4.69, 9.17) is 0 Å². The first kappa shape index (κ1) is 15.0. The molecule has 1 aromatic rings. The number of carbonyl (C=O) groups excluding carboxylic acids is 1. The summed E-state index contributed by atoms with van der Waals surface area (Å²) >= 11 is 1.75. The maximum absolute atomic E-state index is 12.6. The number of thiophene rings is 1. The highest BCUT2D eigenvalue weighted by Crippen LogP contribution is 2.33. The van der Waals surface area contributed by atoms with Gasteiger partial charge in [0.05, 0.1) is 6.54 Å². The summed E-state index contributed by atoms with van der Waals surface area (Å²) in [5.74, 6) is 1.61. The Morgan fingerprint density at radius 3 is 2.76 bits per heavy atom. The summed E-state index contributed by atoms with van der Waals surface area (Å²) in [6.45, 7) is 8.07. The first-order chi connectivity index (χ1) is 10.1. The highest BCUT2D eigenvalue weighted by Gasteiger charge is 2.31. The van der Waals surface area contributed by atoms with Crippen molar-refractivity contribution in [2.45, 2.75) is 39.2 Å². The number of nitrogens with zero attached hydrogens (tertiary/aromatic N) is 2. The topological polar surface area (TPSA) is 23.6 Å². The number of carbonyl (C=O) groups is 1. The number of hydrogen-bond acceptors (Lipinski definition) is 3. The van der Waals surface area contributed by atoms with E-state index in [1.54, 1.807) is 11.3 Å². The van der Waals surface area contributed by atoms with Crippen LogP contribution in [-0.2, 0) is 4.79 Å². The highest BCUT2D eigenvalue weighted by molar-refractivity contribution is 7.07. The van der Waals surface area contributed by atoms with E-state index in [2.05, 4.69) is 40.5 Å². The van der Waals surface area contributed by atoms with Gasteiger partial charge in [0.2, 0.25) is 5.91 Å². The summed E-state index contributed by atoms with van der Waals surface area (Å²) < 4.78 is 0. The van der Waals surface area contributed by atoms with Crippen molar-refractivity contribution >= 4 is 17.2 Å². The molecule has 3 rings (SSSR count). The lowest BCUT2D eigenvalue weighted by molar-refractivity contribution is -0.135. The quantitative estimate of drug-likeness (QED) is 0.854. The third-order valence-electron chi connectivity index (χ3n) is 4.85. The van der Waals surface area contributed by atoms with Gasteiger partial charge in [0.25, 0.3) is 0 Å². The molecule has 116 valence electrons. The average Bonchev–Trinajstić information content (AvgIpc) is 3.07. The normalized spacial score (nSPS) is 30.8. The second-order valence-corrected chi connectivity index (χ2v) is 7.71. The fourth-order valence-electron chi connectivity index (χ4n) is 4.00. The smallest absolute Gasteiger partial charge is 0.236 e. The van der Waals surface area contributed by atoms with Gasteiger partial charge in [-0.05, 0) is 60.0 Å². The second kappa shape index (κ2) is 6.49. The highest BCUT2D eigenvalue weighted by atomic mass is 32.1. The Kier molecular flexibility index (Phi) is 4.65. The average molecular weight is 306 g/mol. The monoisotopic (exact) mass is 306 g/mol. The van der Waals surface area contributed by atoms with Crippen LogP contribution in [0, 0.1) is 11.8 Å². The van der Waals surface area contributed by atoms with E-state index >= 15 is 0 Å². The van der Waals surface area contributed by atoms with Gasteiger partial charge in [0.1, 0.15) is 0 Å². The molecule has 3 unspecified atom stereocenters. The van der Waals surface area contributed by atoms with Gasteiger partial charge in [-0.25, -0.2) is 0 Å². The maximum Gasteiger partial charge on any atom is 0.236 e. The molecule has 2 aliphatic rings. The lowest BCUT2D eigenvalue weighted by Crippen LogP contribution is -2.46. The van der Waals surface area contributed by atoms with Crippen molar-refractivity contribution < 1.29 is 4.79 Å². The summed E-state index contributed by atoms with van der Waals surface area (Å²) in [5, 5.41) is 4.38. The van der Waals surface area contributed by atoms with Gasteiger partial charge >= 0.3 is 0 Å². The van der Waals surface area contributed by atoms with E-state index in [1.165, 1.54) is 24.8 Å². The van der Waals surface area contributed by atoms with Crippen LogP contribution in [0.3, 0.4) is 0 Å². The zero-order chi connectivity index (χ0) is 14.8. The fourth-order valence-corrected chi connectivity index (χ4v) is 4.70. The first-order valence-corrected chi connectivity index (χ1v) is 9.11. The Balaban J connectivity index is 1.61. The van der Waals surface area contributed by atoms with Crippen molar-refractivity contribution in [3.05, 3.63) is 22.4 Å².